The van der Waals surface area contributed by atoms with E-state index in [0.29, 0.717) is 0 Å². The van der Waals surface area contributed by atoms with Crippen molar-refractivity contribution in [3.05, 3.63) is 30.3 Å². The number of Topliss-reactive ketones (excluding diaryl/α,β-unsaturated/α-hetero) is 1. The molecule has 0 saturated carbocycles. The molecule has 0 unspecified atom stereocenters. The van der Waals surface area contributed by atoms with Crippen LogP contribution < -0.4 is 4.90 Å². The fraction of sp³-hybridized carbons (Fsp3) is 0.462. The number of piperidine rings is 1. The molecule has 2 nitrogen and oxygen atoms in total. The number of halogens is 1. The summed E-state index contributed by atoms with van der Waals surface area (Å²) >= 11 is 5.58. The Hall–Kier alpha value is -1.02. The molecular formula is C13H16ClNO. The number of rotatable bonds is 3. The molecule has 0 N–H and O–H groups in total. The summed E-state index contributed by atoms with van der Waals surface area (Å²) in [5.41, 5.74) is 1.25. The van der Waals surface area contributed by atoms with Gasteiger partial charge in [0.25, 0.3) is 0 Å². The lowest BCUT2D eigenvalue weighted by molar-refractivity contribution is -0.120. The number of hydrogen-bond donors (Lipinski definition) is 0. The molecule has 0 aromatic heterocycles. The van der Waals surface area contributed by atoms with Crippen molar-refractivity contribution in [2.75, 3.05) is 23.9 Å². The molecule has 1 aromatic rings. The Morgan fingerprint density at radius 2 is 1.88 bits per heavy atom. The molecule has 3 heteroatoms. The molecule has 16 heavy (non-hydrogen) atoms. The maximum Gasteiger partial charge on any atom is 0.150 e. The zero-order valence-corrected chi connectivity index (χ0v) is 9.99. The van der Waals surface area contributed by atoms with Crippen molar-refractivity contribution in [1.82, 2.24) is 0 Å². The van der Waals surface area contributed by atoms with E-state index in [1.54, 1.807) is 0 Å². The van der Waals surface area contributed by atoms with E-state index in [-0.39, 0.29) is 17.6 Å². The molecule has 2 rings (SSSR count). The number of hydrogen-bond acceptors (Lipinski definition) is 2. The zero-order chi connectivity index (χ0) is 11.4. The van der Waals surface area contributed by atoms with Gasteiger partial charge in [-0.1, -0.05) is 18.2 Å². The van der Waals surface area contributed by atoms with Gasteiger partial charge in [-0.15, -0.1) is 11.6 Å². The summed E-state index contributed by atoms with van der Waals surface area (Å²) in [6, 6.07) is 10.3. The van der Waals surface area contributed by atoms with Gasteiger partial charge in [0.15, 0.2) is 5.78 Å². The van der Waals surface area contributed by atoms with Gasteiger partial charge in [0.2, 0.25) is 0 Å². The Labute approximate surface area is 101 Å². The number of nitrogens with zero attached hydrogens (tertiary/aromatic N) is 1. The van der Waals surface area contributed by atoms with Crippen LogP contribution in [0.15, 0.2) is 30.3 Å². The van der Waals surface area contributed by atoms with Crippen LogP contribution in [0.5, 0.6) is 0 Å². The van der Waals surface area contributed by atoms with E-state index in [2.05, 4.69) is 17.0 Å². The summed E-state index contributed by atoms with van der Waals surface area (Å²) in [5, 5.41) is 0. The highest BCUT2D eigenvalue weighted by Crippen LogP contribution is 2.23. The lowest BCUT2D eigenvalue weighted by Crippen LogP contribution is -2.36. The summed E-state index contributed by atoms with van der Waals surface area (Å²) < 4.78 is 0. The lowest BCUT2D eigenvalue weighted by Gasteiger charge is -2.32. The SMILES string of the molecule is O=C(CCl)C1CCN(c2ccccc2)CC1. The second kappa shape index (κ2) is 5.35. The lowest BCUT2D eigenvalue weighted by atomic mass is 9.93. The maximum absolute atomic E-state index is 11.5. The van der Waals surface area contributed by atoms with E-state index in [1.165, 1.54) is 5.69 Å². The first kappa shape index (κ1) is 11.5. The van der Waals surface area contributed by atoms with Gasteiger partial charge in [-0.25, -0.2) is 0 Å². The van der Waals surface area contributed by atoms with Gasteiger partial charge >= 0.3 is 0 Å². The normalized spacial score (nSPS) is 17.4. The molecule has 1 aliphatic heterocycles. The summed E-state index contributed by atoms with van der Waals surface area (Å²) in [6.45, 7) is 1.91. The molecular weight excluding hydrogens is 222 g/mol. The predicted octanol–water partition coefficient (Wildman–Crippen LogP) is 2.71. The van der Waals surface area contributed by atoms with Crippen molar-refractivity contribution < 1.29 is 4.79 Å². The molecule has 1 saturated heterocycles. The summed E-state index contributed by atoms with van der Waals surface area (Å²) in [7, 11) is 0. The molecule has 0 atom stereocenters. The predicted molar refractivity (Wildman–Crippen MR) is 67.1 cm³/mol. The first-order chi connectivity index (χ1) is 7.81. The van der Waals surface area contributed by atoms with Crippen LogP contribution in [0.2, 0.25) is 0 Å². The van der Waals surface area contributed by atoms with Crippen LogP contribution in [0.25, 0.3) is 0 Å². The number of benzene rings is 1. The highest BCUT2D eigenvalue weighted by Gasteiger charge is 2.23. The van der Waals surface area contributed by atoms with Crippen molar-refractivity contribution in [3.63, 3.8) is 0 Å². The minimum Gasteiger partial charge on any atom is -0.371 e. The average molecular weight is 238 g/mol. The summed E-state index contributed by atoms with van der Waals surface area (Å²) in [6.07, 6.45) is 1.86. The molecule has 0 aliphatic carbocycles. The third kappa shape index (κ3) is 2.56. The first-order valence-electron chi connectivity index (χ1n) is 5.70. The minimum atomic E-state index is 0.163. The van der Waals surface area contributed by atoms with Crippen LogP contribution in [0.3, 0.4) is 0 Å². The third-order valence-electron chi connectivity index (χ3n) is 3.20. The van der Waals surface area contributed by atoms with Gasteiger partial charge in [0.1, 0.15) is 0 Å². The van der Waals surface area contributed by atoms with Gasteiger partial charge in [-0.2, -0.15) is 0 Å². The Morgan fingerprint density at radius 1 is 1.25 bits per heavy atom. The minimum absolute atomic E-state index is 0.163. The molecule has 86 valence electrons. The Bertz CT molecular complexity index is 344. The fourth-order valence-electron chi connectivity index (χ4n) is 2.21. The maximum atomic E-state index is 11.5. The quantitative estimate of drug-likeness (QED) is 0.754. The van der Waals surface area contributed by atoms with Gasteiger partial charge in [-0.05, 0) is 25.0 Å². The number of alkyl halides is 1. The number of anilines is 1. The van der Waals surface area contributed by atoms with Crippen molar-refractivity contribution >= 4 is 23.1 Å². The smallest absolute Gasteiger partial charge is 0.150 e. The van der Waals surface area contributed by atoms with E-state index < -0.39 is 0 Å². The highest BCUT2D eigenvalue weighted by molar-refractivity contribution is 6.27. The Kier molecular flexibility index (Phi) is 3.83. The van der Waals surface area contributed by atoms with Gasteiger partial charge in [0, 0.05) is 24.7 Å². The number of carbonyl (C=O) groups is 1. The average Bonchev–Trinajstić information content (AvgIpc) is 2.39. The van der Waals surface area contributed by atoms with Crippen molar-refractivity contribution in [2.45, 2.75) is 12.8 Å². The second-order valence-electron chi connectivity index (χ2n) is 4.20. The van der Waals surface area contributed by atoms with Crippen molar-refractivity contribution in [3.8, 4) is 0 Å². The highest BCUT2D eigenvalue weighted by atomic mass is 35.5. The fourth-order valence-corrected chi connectivity index (χ4v) is 2.43. The Morgan fingerprint density at radius 3 is 2.44 bits per heavy atom. The molecule has 1 heterocycles. The molecule has 1 aliphatic rings. The molecule has 0 radical (unpaired) electrons. The second-order valence-corrected chi connectivity index (χ2v) is 4.46. The summed E-state index contributed by atoms with van der Waals surface area (Å²) in [4.78, 5) is 13.8. The van der Waals surface area contributed by atoms with Crippen LogP contribution >= 0.6 is 11.6 Å². The van der Waals surface area contributed by atoms with Gasteiger partial charge in [-0.3, -0.25) is 4.79 Å². The molecule has 1 fully saturated rings. The third-order valence-corrected chi connectivity index (χ3v) is 3.47. The van der Waals surface area contributed by atoms with Crippen LogP contribution in [0.1, 0.15) is 12.8 Å². The van der Waals surface area contributed by atoms with E-state index in [9.17, 15) is 4.79 Å². The van der Waals surface area contributed by atoms with E-state index in [4.69, 9.17) is 11.6 Å². The van der Waals surface area contributed by atoms with Gasteiger partial charge < -0.3 is 4.90 Å². The topological polar surface area (TPSA) is 20.3 Å². The van der Waals surface area contributed by atoms with E-state index >= 15 is 0 Å². The van der Waals surface area contributed by atoms with Crippen LogP contribution in [-0.2, 0) is 4.79 Å². The van der Waals surface area contributed by atoms with Crippen LogP contribution in [0, 0.1) is 5.92 Å². The summed E-state index contributed by atoms with van der Waals surface area (Å²) in [5.74, 6) is 0.544. The number of carbonyl (C=O) groups excluding carboxylic acids is 1. The zero-order valence-electron chi connectivity index (χ0n) is 9.23. The van der Waals surface area contributed by atoms with Crippen molar-refractivity contribution in [2.24, 2.45) is 5.92 Å². The Balaban J connectivity index is 1.93. The largest absolute Gasteiger partial charge is 0.371 e. The molecule has 1 aromatic carbocycles. The monoisotopic (exact) mass is 237 g/mol. The number of para-hydroxylation sites is 1. The van der Waals surface area contributed by atoms with Gasteiger partial charge in [0.05, 0.1) is 5.88 Å². The number of ketones is 1. The van der Waals surface area contributed by atoms with Crippen LogP contribution in [0.4, 0.5) is 5.69 Å². The van der Waals surface area contributed by atoms with Crippen molar-refractivity contribution in [1.29, 1.82) is 0 Å². The standard InChI is InChI=1S/C13H16ClNO/c14-10-13(16)11-6-8-15(9-7-11)12-4-2-1-3-5-12/h1-5,11H,6-10H2. The first-order valence-corrected chi connectivity index (χ1v) is 6.23. The van der Waals surface area contributed by atoms with E-state index in [1.807, 2.05) is 18.2 Å². The van der Waals surface area contributed by atoms with Crippen LogP contribution in [-0.4, -0.2) is 24.8 Å². The molecule has 0 spiro atoms. The molecule has 0 bridgehead atoms. The molecule has 0 amide bonds. The van der Waals surface area contributed by atoms with E-state index in [0.717, 1.165) is 25.9 Å².